The Morgan fingerprint density at radius 1 is 1.08 bits per heavy atom. The van der Waals surface area contributed by atoms with E-state index in [2.05, 4.69) is 5.32 Å². The number of aryl methyl sites for hydroxylation is 1. The van der Waals surface area contributed by atoms with Gasteiger partial charge in [0, 0.05) is 29.9 Å². The monoisotopic (exact) mass is 340 g/mol. The van der Waals surface area contributed by atoms with Crippen LogP contribution in [0.3, 0.4) is 0 Å². The summed E-state index contributed by atoms with van der Waals surface area (Å²) in [6.07, 6.45) is 0.855. The summed E-state index contributed by atoms with van der Waals surface area (Å²) in [5, 5.41) is 2.89. The molecule has 2 amide bonds. The van der Waals surface area contributed by atoms with Gasteiger partial charge in [-0.05, 0) is 49.8 Å². The van der Waals surface area contributed by atoms with Gasteiger partial charge in [-0.2, -0.15) is 0 Å². The molecule has 0 aliphatic carbocycles. The molecule has 0 aliphatic heterocycles. The number of hydrogen-bond donors (Lipinski definition) is 3. The summed E-state index contributed by atoms with van der Waals surface area (Å²) in [7, 11) is 3.87. The second-order valence-electron chi connectivity index (χ2n) is 6.22. The number of primary amides is 1. The van der Waals surface area contributed by atoms with Crippen molar-refractivity contribution in [3.05, 3.63) is 59.2 Å². The average Bonchev–Trinajstić information content (AvgIpc) is 2.55. The lowest BCUT2D eigenvalue weighted by Gasteiger charge is -2.16. The zero-order valence-electron chi connectivity index (χ0n) is 14.6. The first-order valence-corrected chi connectivity index (χ1v) is 8.07. The largest absolute Gasteiger partial charge is 0.399 e. The van der Waals surface area contributed by atoms with Crippen molar-refractivity contribution in [3.63, 3.8) is 0 Å². The van der Waals surface area contributed by atoms with Crippen LogP contribution < -0.4 is 16.8 Å². The van der Waals surface area contributed by atoms with E-state index in [9.17, 15) is 9.59 Å². The molecule has 6 heteroatoms. The van der Waals surface area contributed by atoms with Gasteiger partial charge < -0.3 is 21.7 Å². The first-order chi connectivity index (χ1) is 11.9. The number of nitrogens with one attached hydrogen (secondary N) is 1. The van der Waals surface area contributed by atoms with Crippen LogP contribution in [0.15, 0.2) is 42.5 Å². The van der Waals surface area contributed by atoms with Crippen LogP contribution in [0.4, 0.5) is 11.4 Å². The molecule has 0 aliphatic rings. The molecule has 5 N–H and O–H groups in total. The topological polar surface area (TPSA) is 101 Å². The number of rotatable bonds is 7. The SMILES string of the molecule is CN(C)Cc1ccc(C(N)=O)cc1NC(=O)CCc1ccccc1N. The first kappa shape index (κ1) is 18.5. The lowest BCUT2D eigenvalue weighted by Crippen LogP contribution is -2.18. The van der Waals surface area contributed by atoms with Crippen molar-refractivity contribution in [3.8, 4) is 0 Å². The predicted molar refractivity (Wildman–Crippen MR) is 100 cm³/mol. The third kappa shape index (κ3) is 5.32. The molecule has 0 atom stereocenters. The van der Waals surface area contributed by atoms with E-state index in [4.69, 9.17) is 11.5 Å². The lowest BCUT2D eigenvalue weighted by molar-refractivity contribution is -0.116. The van der Waals surface area contributed by atoms with E-state index in [-0.39, 0.29) is 5.91 Å². The Morgan fingerprint density at radius 2 is 1.80 bits per heavy atom. The third-order valence-electron chi connectivity index (χ3n) is 3.83. The van der Waals surface area contributed by atoms with Gasteiger partial charge in [0.05, 0.1) is 0 Å². The van der Waals surface area contributed by atoms with Crippen LogP contribution in [0, 0.1) is 0 Å². The van der Waals surface area contributed by atoms with Gasteiger partial charge in [0.2, 0.25) is 11.8 Å². The number of nitrogen functional groups attached to an aromatic ring is 1. The molecule has 0 radical (unpaired) electrons. The number of hydrogen-bond acceptors (Lipinski definition) is 4. The standard InChI is InChI=1S/C19H24N4O2/c1-23(2)12-15-8-7-14(19(21)25)11-17(15)22-18(24)10-9-13-5-3-4-6-16(13)20/h3-8,11H,9-10,12,20H2,1-2H3,(H2,21,25)(H,22,24). The molecule has 6 nitrogen and oxygen atoms in total. The number of carbonyl (C=O) groups excluding carboxylic acids is 2. The smallest absolute Gasteiger partial charge is 0.248 e. The van der Waals surface area contributed by atoms with Crippen molar-refractivity contribution in [2.75, 3.05) is 25.1 Å². The molecule has 0 spiro atoms. The van der Waals surface area contributed by atoms with Gasteiger partial charge in [0.1, 0.15) is 0 Å². The minimum Gasteiger partial charge on any atom is -0.399 e. The second-order valence-corrected chi connectivity index (χ2v) is 6.22. The fourth-order valence-electron chi connectivity index (χ4n) is 2.55. The fourth-order valence-corrected chi connectivity index (χ4v) is 2.55. The highest BCUT2D eigenvalue weighted by Gasteiger charge is 2.12. The number of anilines is 2. The van der Waals surface area contributed by atoms with Crippen molar-refractivity contribution < 1.29 is 9.59 Å². The average molecular weight is 340 g/mol. The molecular weight excluding hydrogens is 316 g/mol. The maximum Gasteiger partial charge on any atom is 0.248 e. The Morgan fingerprint density at radius 3 is 2.44 bits per heavy atom. The zero-order valence-corrected chi connectivity index (χ0v) is 14.6. The molecule has 0 heterocycles. The summed E-state index contributed by atoms with van der Waals surface area (Å²) in [6.45, 7) is 0.639. The van der Waals surface area contributed by atoms with Gasteiger partial charge >= 0.3 is 0 Å². The van der Waals surface area contributed by atoms with Gasteiger partial charge in [-0.15, -0.1) is 0 Å². The summed E-state index contributed by atoms with van der Waals surface area (Å²) in [4.78, 5) is 25.7. The highest BCUT2D eigenvalue weighted by molar-refractivity contribution is 5.97. The Labute approximate surface area is 147 Å². The Hall–Kier alpha value is -2.86. The predicted octanol–water partition coefficient (Wildman–Crippen LogP) is 2.00. The fraction of sp³-hybridized carbons (Fsp3) is 0.263. The van der Waals surface area contributed by atoms with Crippen LogP contribution in [0.5, 0.6) is 0 Å². The molecule has 0 saturated heterocycles. The van der Waals surface area contributed by atoms with Crippen molar-refractivity contribution in [2.24, 2.45) is 5.73 Å². The maximum absolute atomic E-state index is 12.3. The highest BCUT2D eigenvalue weighted by Crippen LogP contribution is 2.20. The number of nitrogens with two attached hydrogens (primary N) is 2. The van der Waals surface area contributed by atoms with Gasteiger partial charge in [0.15, 0.2) is 0 Å². The van der Waals surface area contributed by atoms with Gasteiger partial charge in [0.25, 0.3) is 0 Å². The van der Waals surface area contributed by atoms with Crippen LogP contribution in [0.1, 0.15) is 27.9 Å². The molecule has 25 heavy (non-hydrogen) atoms. The molecular formula is C19H24N4O2. The van der Waals surface area contributed by atoms with Crippen molar-refractivity contribution >= 4 is 23.2 Å². The van der Waals surface area contributed by atoms with E-state index < -0.39 is 5.91 Å². The van der Waals surface area contributed by atoms with E-state index in [0.29, 0.717) is 36.3 Å². The Balaban J connectivity index is 2.11. The highest BCUT2D eigenvalue weighted by atomic mass is 16.2. The summed E-state index contributed by atoms with van der Waals surface area (Å²) >= 11 is 0. The van der Waals surface area contributed by atoms with Crippen molar-refractivity contribution in [2.45, 2.75) is 19.4 Å². The number of benzene rings is 2. The normalized spacial score (nSPS) is 10.7. The first-order valence-electron chi connectivity index (χ1n) is 8.07. The van der Waals surface area contributed by atoms with Crippen molar-refractivity contribution in [1.82, 2.24) is 4.90 Å². The number of nitrogens with zero attached hydrogens (tertiary/aromatic N) is 1. The minimum absolute atomic E-state index is 0.134. The van der Waals surface area contributed by atoms with Crippen LogP contribution in [0.2, 0.25) is 0 Å². The van der Waals surface area contributed by atoms with E-state index >= 15 is 0 Å². The van der Waals surface area contributed by atoms with Crippen LogP contribution >= 0.6 is 0 Å². The summed E-state index contributed by atoms with van der Waals surface area (Å²) < 4.78 is 0. The molecule has 0 bridgehead atoms. The molecule has 2 rings (SSSR count). The number of carbonyl (C=O) groups is 2. The number of amides is 2. The maximum atomic E-state index is 12.3. The Bertz CT molecular complexity index is 772. The number of para-hydroxylation sites is 1. The molecule has 0 saturated carbocycles. The summed E-state index contributed by atoms with van der Waals surface area (Å²) in [6, 6.07) is 12.6. The summed E-state index contributed by atoms with van der Waals surface area (Å²) in [5.41, 5.74) is 14.8. The molecule has 132 valence electrons. The zero-order chi connectivity index (χ0) is 18.4. The van der Waals surface area contributed by atoms with Crippen LogP contribution in [-0.2, 0) is 17.8 Å². The van der Waals surface area contributed by atoms with Gasteiger partial charge in [-0.25, -0.2) is 0 Å². The van der Waals surface area contributed by atoms with Gasteiger partial charge in [-0.1, -0.05) is 24.3 Å². The van der Waals surface area contributed by atoms with Gasteiger partial charge in [-0.3, -0.25) is 9.59 Å². The molecule has 0 aromatic heterocycles. The molecule has 0 fully saturated rings. The quantitative estimate of drug-likeness (QED) is 0.671. The van der Waals surface area contributed by atoms with E-state index in [1.807, 2.05) is 49.3 Å². The molecule has 0 unspecified atom stereocenters. The molecule has 2 aromatic rings. The van der Waals surface area contributed by atoms with Crippen LogP contribution in [-0.4, -0.2) is 30.8 Å². The molecule has 2 aromatic carbocycles. The van der Waals surface area contributed by atoms with E-state index in [0.717, 1.165) is 11.1 Å². The second kappa shape index (κ2) is 8.30. The van der Waals surface area contributed by atoms with Crippen molar-refractivity contribution in [1.29, 1.82) is 0 Å². The van der Waals surface area contributed by atoms with E-state index in [1.165, 1.54) is 0 Å². The third-order valence-corrected chi connectivity index (χ3v) is 3.83. The minimum atomic E-state index is -0.524. The Kier molecular flexibility index (Phi) is 6.14. The lowest BCUT2D eigenvalue weighted by atomic mass is 10.1. The van der Waals surface area contributed by atoms with E-state index in [1.54, 1.807) is 12.1 Å². The van der Waals surface area contributed by atoms with Crippen LogP contribution in [0.25, 0.3) is 0 Å². The summed E-state index contributed by atoms with van der Waals surface area (Å²) in [5.74, 6) is -0.658.